The fraction of sp³-hybridized carbons (Fsp3) is 0.0909. The van der Waals surface area contributed by atoms with Crippen LogP contribution in [-0.2, 0) is 17.8 Å². The minimum Gasteiger partial charge on any atom is -0.486 e. The molecule has 0 heterocycles. The van der Waals surface area contributed by atoms with Crippen molar-refractivity contribution in [3.05, 3.63) is 93.8 Å². The van der Waals surface area contributed by atoms with Crippen molar-refractivity contribution in [2.24, 2.45) is 0 Å². The third-order valence-corrected chi connectivity index (χ3v) is 4.52. The molecule has 5 nitrogen and oxygen atoms in total. The van der Waals surface area contributed by atoms with Gasteiger partial charge in [-0.3, -0.25) is 9.59 Å². The lowest BCUT2D eigenvalue weighted by Gasteiger charge is -2.13. The molecule has 1 amide bonds. The summed E-state index contributed by atoms with van der Waals surface area (Å²) in [7, 11) is 0. The Balaban J connectivity index is 1.79. The first-order valence-corrected chi connectivity index (χ1v) is 9.29. The van der Waals surface area contributed by atoms with Gasteiger partial charge >= 0.3 is 5.97 Å². The molecule has 0 aliphatic heterocycles. The van der Waals surface area contributed by atoms with E-state index >= 15 is 0 Å². The molecule has 0 aliphatic carbocycles. The lowest BCUT2D eigenvalue weighted by atomic mass is 10.1. The molecule has 0 unspecified atom stereocenters. The molecule has 0 saturated carbocycles. The molecule has 3 aromatic carbocycles. The number of carboxylic acids is 1. The van der Waals surface area contributed by atoms with Gasteiger partial charge in [0.2, 0.25) is 0 Å². The van der Waals surface area contributed by atoms with Crippen LogP contribution in [0.1, 0.15) is 21.5 Å². The molecule has 160 valence electrons. The number of hydrogen-bond acceptors (Lipinski definition) is 3. The van der Waals surface area contributed by atoms with Crippen molar-refractivity contribution in [1.82, 2.24) is 0 Å². The first-order valence-electron chi connectivity index (χ1n) is 8.91. The van der Waals surface area contributed by atoms with E-state index in [2.05, 4.69) is 5.32 Å². The molecule has 3 rings (SSSR count). The second-order valence-electron chi connectivity index (χ2n) is 6.49. The van der Waals surface area contributed by atoms with Gasteiger partial charge in [-0.15, -0.1) is 0 Å². The lowest BCUT2D eigenvalue weighted by molar-refractivity contribution is -0.136. The quantitative estimate of drug-likeness (QED) is 0.519. The summed E-state index contributed by atoms with van der Waals surface area (Å²) in [6.45, 7) is -0.156. The fourth-order valence-electron chi connectivity index (χ4n) is 2.77. The summed E-state index contributed by atoms with van der Waals surface area (Å²) in [5.41, 5.74) is -0.197. The maximum atomic E-state index is 14.9. The largest absolute Gasteiger partial charge is 0.486 e. The summed E-state index contributed by atoms with van der Waals surface area (Å²) in [4.78, 5) is 23.3. The van der Waals surface area contributed by atoms with Crippen molar-refractivity contribution in [2.45, 2.75) is 13.0 Å². The van der Waals surface area contributed by atoms with Crippen LogP contribution < -0.4 is 10.1 Å². The van der Waals surface area contributed by atoms with Crippen LogP contribution in [-0.4, -0.2) is 17.0 Å². The third kappa shape index (κ3) is 5.55. The number of carboxylic acid groups (broad SMARTS) is 1. The van der Waals surface area contributed by atoms with Crippen LogP contribution in [0.5, 0.6) is 5.75 Å². The van der Waals surface area contributed by atoms with E-state index in [1.807, 2.05) is 0 Å². The summed E-state index contributed by atoms with van der Waals surface area (Å²) in [6, 6.07) is 11.4. The number of nitrogens with one attached hydrogen (secondary N) is 1. The molecular formula is C22H15ClF3NO4. The molecule has 0 aliphatic rings. The Morgan fingerprint density at radius 2 is 1.77 bits per heavy atom. The average Bonchev–Trinajstić information content (AvgIpc) is 2.69. The molecule has 3 aromatic rings. The second-order valence-corrected chi connectivity index (χ2v) is 6.90. The van der Waals surface area contributed by atoms with Crippen molar-refractivity contribution in [2.75, 3.05) is 5.32 Å². The summed E-state index contributed by atoms with van der Waals surface area (Å²) in [6.07, 6.45) is -0.393. The smallest absolute Gasteiger partial charge is 0.307 e. The van der Waals surface area contributed by atoms with E-state index in [1.54, 1.807) is 6.07 Å². The Labute approximate surface area is 180 Å². The van der Waals surface area contributed by atoms with Crippen LogP contribution in [0.15, 0.2) is 54.6 Å². The van der Waals surface area contributed by atoms with E-state index in [-0.39, 0.29) is 28.6 Å². The van der Waals surface area contributed by atoms with Gasteiger partial charge in [-0.25, -0.2) is 13.2 Å². The zero-order valence-corrected chi connectivity index (χ0v) is 16.6. The maximum absolute atomic E-state index is 14.9. The molecular weight excluding hydrogens is 435 g/mol. The monoisotopic (exact) mass is 449 g/mol. The first kappa shape index (κ1) is 22.2. The number of hydrogen-bond donors (Lipinski definition) is 2. The Hall–Kier alpha value is -3.52. The van der Waals surface area contributed by atoms with Gasteiger partial charge in [0.1, 0.15) is 18.2 Å². The van der Waals surface area contributed by atoms with E-state index in [1.165, 1.54) is 42.5 Å². The molecule has 0 aromatic heterocycles. The normalized spacial score (nSPS) is 10.6. The molecule has 9 heteroatoms. The lowest BCUT2D eigenvalue weighted by Crippen LogP contribution is -2.16. The number of carbonyl (C=O) groups excluding carboxylic acids is 1. The average molecular weight is 450 g/mol. The predicted molar refractivity (Wildman–Crippen MR) is 108 cm³/mol. The van der Waals surface area contributed by atoms with Crippen molar-refractivity contribution >= 4 is 29.2 Å². The Morgan fingerprint density at radius 1 is 1.00 bits per heavy atom. The highest BCUT2D eigenvalue weighted by atomic mass is 35.5. The SMILES string of the molecule is O=C(O)Cc1ccc(NC(=O)c2c(Cl)ccc(OCc3cccc(F)c3)c2F)c(F)c1. The van der Waals surface area contributed by atoms with E-state index in [0.29, 0.717) is 5.56 Å². The summed E-state index contributed by atoms with van der Waals surface area (Å²) in [5.74, 6) is -4.89. The zero-order chi connectivity index (χ0) is 22.5. The number of halogens is 4. The van der Waals surface area contributed by atoms with E-state index in [9.17, 15) is 22.8 Å². The molecule has 0 saturated heterocycles. The molecule has 0 bridgehead atoms. The molecule has 0 radical (unpaired) electrons. The molecule has 31 heavy (non-hydrogen) atoms. The van der Waals surface area contributed by atoms with E-state index < -0.39 is 41.3 Å². The Kier molecular flexibility index (Phi) is 6.81. The van der Waals surface area contributed by atoms with Gasteiger partial charge in [0.25, 0.3) is 5.91 Å². The van der Waals surface area contributed by atoms with Gasteiger partial charge in [-0.05, 0) is 47.5 Å². The number of amides is 1. The summed E-state index contributed by atoms with van der Waals surface area (Å²) >= 11 is 5.96. The van der Waals surface area contributed by atoms with Gasteiger partial charge in [0, 0.05) is 0 Å². The molecule has 2 N–H and O–H groups in total. The fourth-order valence-corrected chi connectivity index (χ4v) is 3.00. The van der Waals surface area contributed by atoms with Crippen molar-refractivity contribution in [3.8, 4) is 5.75 Å². The van der Waals surface area contributed by atoms with Gasteiger partial charge in [0.05, 0.1) is 22.7 Å². The molecule has 0 atom stereocenters. The molecule has 0 spiro atoms. The minimum atomic E-state index is -1.14. The van der Waals surface area contributed by atoms with Crippen molar-refractivity contribution in [1.29, 1.82) is 0 Å². The van der Waals surface area contributed by atoms with Gasteiger partial charge < -0.3 is 15.2 Å². The highest BCUT2D eigenvalue weighted by Gasteiger charge is 2.21. The van der Waals surface area contributed by atoms with Crippen molar-refractivity contribution in [3.63, 3.8) is 0 Å². The topological polar surface area (TPSA) is 75.6 Å². The predicted octanol–water partition coefficient (Wildman–Crippen LogP) is 5.22. The van der Waals surface area contributed by atoms with Gasteiger partial charge in [-0.1, -0.05) is 29.8 Å². The summed E-state index contributed by atoms with van der Waals surface area (Å²) < 4.78 is 47.7. The zero-order valence-electron chi connectivity index (χ0n) is 15.8. The van der Waals surface area contributed by atoms with Gasteiger partial charge in [-0.2, -0.15) is 0 Å². The van der Waals surface area contributed by atoms with Crippen LogP contribution >= 0.6 is 11.6 Å². The van der Waals surface area contributed by atoms with E-state index in [4.69, 9.17) is 21.4 Å². The highest BCUT2D eigenvalue weighted by molar-refractivity contribution is 6.34. The second kappa shape index (κ2) is 9.53. The van der Waals surface area contributed by atoms with Crippen LogP contribution in [0.2, 0.25) is 5.02 Å². The van der Waals surface area contributed by atoms with Crippen molar-refractivity contribution < 1.29 is 32.6 Å². The third-order valence-electron chi connectivity index (χ3n) is 4.20. The van der Waals surface area contributed by atoms with Crippen LogP contribution in [0.3, 0.4) is 0 Å². The number of ether oxygens (including phenoxy) is 1. The van der Waals surface area contributed by atoms with Crippen LogP contribution in [0.4, 0.5) is 18.9 Å². The van der Waals surface area contributed by atoms with Crippen LogP contribution in [0.25, 0.3) is 0 Å². The van der Waals surface area contributed by atoms with Crippen LogP contribution in [0, 0.1) is 17.5 Å². The number of benzene rings is 3. The van der Waals surface area contributed by atoms with E-state index in [0.717, 1.165) is 6.07 Å². The highest BCUT2D eigenvalue weighted by Crippen LogP contribution is 2.29. The Morgan fingerprint density at radius 3 is 2.45 bits per heavy atom. The van der Waals surface area contributed by atoms with Gasteiger partial charge in [0.15, 0.2) is 11.6 Å². The number of anilines is 1. The number of carbonyl (C=O) groups is 2. The summed E-state index contributed by atoms with van der Waals surface area (Å²) in [5, 5.41) is 10.7. The maximum Gasteiger partial charge on any atom is 0.307 e. The number of aliphatic carboxylic acids is 1. The molecule has 0 fully saturated rings. The first-order chi connectivity index (χ1) is 14.7. The minimum absolute atomic E-state index is 0.156. The standard InChI is InChI=1S/C22H15ClF3NO4/c23-15-5-7-18(31-11-13-2-1-3-14(24)8-13)21(26)20(15)22(30)27-17-6-4-12(9-16(17)25)10-19(28)29/h1-9H,10-11H2,(H,27,30)(H,28,29). The number of rotatable bonds is 7. The Bertz CT molecular complexity index is 1150.